The smallest absolute Gasteiger partial charge is 0.243 e. The average Bonchev–Trinajstić information content (AvgIpc) is 2.61. The van der Waals surface area contributed by atoms with E-state index in [1.165, 1.54) is 17.9 Å². The van der Waals surface area contributed by atoms with Crippen LogP contribution in [0.2, 0.25) is 0 Å². The summed E-state index contributed by atoms with van der Waals surface area (Å²) in [5.74, 6) is 0.766. The van der Waals surface area contributed by atoms with Crippen LogP contribution in [-0.2, 0) is 9.59 Å². The van der Waals surface area contributed by atoms with Gasteiger partial charge in [-0.25, -0.2) is 0 Å². The monoisotopic (exact) mass is 354 g/mol. The summed E-state index contributed by atoms with van der Waals surface area (Å²) in [6, 6.07) is 17.5. The quantitative estimate of drug-likeness (QED) is 0.429. The SMILES string of the molecule is CC(=O)Nc1ccc(/C=C/C(=O)NCCCSc2ccccc2)cc1. The first-order valence-corrected chi connectivity index (χ1v) is 9.13. The molecule has 0 unspecified atom stereocenters. The first-order chi connectivity index (χ1) is 12.1. The second-order valence-electron chi connectivity index (χ2n) is 5.44. The van der Waals surface area contributed by atoms with E-state index in [9.17, 15) is 9.59 Å². The lowest BCUT2D eigenvalue weighted by atomic mass is 10.2. The fraction of sp³-hybridized carbons (Fsp3) is 0.200. The molecule has 0 aliphatic carbocycles. The van der Waals surface area contributed by atoms with Crippen molar-refractivity contribution in [1.82, 2.24) is 5.32 Å². The molecule has 2 amide bonds. The Kier molecular flexibility index (Phi) is 7.79. The molecule has 0 fully saturated rings. The van der Waals surface area contributed by atoms with Crippen LogP contribution in [0.3, 0.4) is 0 Å². The van der Waals surface area contributed by atoms with E-state index in [0.717, 1.165) is 23.4 Å². The van der Waals surface area contributed by atoms with Crippen molar-refractivity contribution >= 4 is 35.3 Å². The summed E-state index contributed by atoms with van der Waals surface area (Å²) >= 11 is 1.79. The zero-order valence-electron chi connectivity index (χ0n) is 14.2. The fourth-order valence-electron chi connectivity index (χ4n) is 2.10. The number of nitrogens with one attached hydrogen (secondary N) is 2. The summed E-state index contributed by atoms with van der Waals surface area (Å²) in [5, 5.41) is 5.58. The second kappa shape index (κ2) is 10.4. The zero-order chi connectivity index (χ0) is 17.9. The van der Waals surface area contributed by atoms with Gasteiger partial charge in [-0.1, -0.05) is 30.3 Å². The molecule has 0 bridgehead atoms. The van der Waals surface area contributed by atoms with E-state index in [-0.39, 0.29) is 11.8 Å². The Hall–Kier alpha value is -2.53. The van der Waals surface area contributed by atoms with Gasteiger partial charge in [-0.2, -0.15) is 0 Å². The predicted octanol–water partition coefficient (Wildman–Crippen LogP) is 3.96. The molecule has 0 aromatic heterocycles. The molecule has 0 atom stereocenters. The van der Waals surface area contributed by atoms with Crippen LogP contribution >= 0.6 is 11.8 Å². The molecule has 0 spiro atoms. The summed E-state index contributed by atoms with van der Waals surface area (Å²) in [5.41, 5.74) is 1.65. The number of carbonyl (C=O) groups excluding carboxylic acids is 2. The van der Waals surface area contributed by atoms with Gasteiger partial charge in [-0.05, 0) is 48.1 Å². The van der Waals surface area contributed by atoms with Gasteiger partial charge in [-0.15, -0.1) is 11.8 Å². The van der Waals surface area contributed by atoms with Gasteiger partial charge >= 0.3 is 0 Å². The maximum absolute atomic E-state index is 11.8. The lowest BCUT2D eigenvalue weighted by Gasteiger charge is -2.03. The minimum atomic E-state index is -0.104. The molecule has 2 aromatic carbocycles. The Morgan fingerprint density at radius 3 is 2.44 bits per heavy atom. The maximum Gasteiger partial charge on any atom is 0.243 e. The highest BCUT2D eigenvalue weighted by atomic mass is 32.2. The van der Waals surface area contributed by atoms with Gasteiger partial charge in [0.05, 0.1) is 0 Å². The molecule has 2 N–H and O–H groups in total. The number of thioether (sulfide) groups is 1. The maximum atomic E-state index is 11.8. The van der Waals surface area contributed by atoms with Crippen LogP contribution in [0.1, 0.15) is 18.9 Å². The molecule has 0 heterocycles. The van der Waals surface area contributed by atoms with Crippen molar-refractivity contribution in [2.75, 3.05) is 17.6 Å². The summed E-state index contributed by atoms with van der Waals surface area (Å²) in [4.78, 5) is 24.0. The van der Waals surface area contributed by atoms with Crippen molar-refractivity contribution in [2.45, 2.75) is 18.2 Å². The molecule has 0 aliphatic heterocycles. The van der Waals surface area contributed by atoms with Crippen molar-refractivity contribution in [1.29, 1.82) is 0 Å². The lowest BCUT2D eigenvalue weighted by molar-refractivity contribution is -0.116. The highest BCUT2D eigenvalue weighted by Crippen LogP contribution is 2.17. The van der Waals surface area contributed by atoms with E-state index in [4.69, 9.17) is 0 Å². The number of hydrogen-bond donors (Lipinski definition) is 2. The minimum Gasteiger partial charge on any atom is -0.353 e. The summed E-state index contributed by atoms with van der Waals surface area (Å²) in [6.45, 7) is 2.13. The number of rotatable bonds is 8. The van der Waals surface area contributed by atoms with Crippen molar-refractivity contribution < 1.29 is 9.59 Å². The van der Waals surface area contributed by atoms with E-state index in [2.05, 4.69) is 22.8 Å². The average molecular weight is 354 g/mol. The Labute approximate surface area is 152 Å². The lowest BCUT2D eigenvalue weighted by Crippen LogP contribution is -2.22. The van der Waals surface area contributed by atoms with Gasteiger partial charge in [0.15, 0.2) is 0 Å². The topological polar surface area (TPSA) is 58.2 Å². The van der Waals surface area contributed by atoms with Crippen LogP contribution in [0.25, 0.3) is 6.08 Å². The fourth-order valence-corrected chi connectivity index (χ4v) is 2.98. The van der Waals surface area contributed by atoms with Gasteiger partial charge in [0.2, 0.25) is 11.8 Å². The molecule has 2 aromatic rings. The summed E-state index contributed by atoms with van der Waals surface area (Å²) in [6.07, 6.45) is 4.20. The molecule has 130 valence electrons. The van der Waals surface area contributed by atoms with Gasteiger partial charge < -0.3 is 10.6 Å². The van der Waals surface area contributed by atoms with Gasteiger partial charge in [0, 0.05) is 30.1 Å². The number of hydrogen-bond acceptors (Lipinski definition) is 3. The van der Waals surface area contributed by atoms with Gasteiger partial charge in [0.25, 0.3) is 0 Å². The van der Waals surface area contributed by atoms with Crippen LogP contribution in [0, 0.1) is 0 Å². The molecular formula is C20H22N2O2S. The van der Waals surface area contributed by atoms with E-state index in [1.54, 1.807) is 30.0 Å². The third-order valence-electron chi connectivity index (χ3n) is 3.29. The molecule has 0 radical (unpaired) electrons. The largest absolute Gasteiger partial charge is 0.353 e. The number of anilines is 1. The standard InChI is InChI=1S/C20H22N2O2S/c1-16(23)22-18-11-8-17(9-12-18)10-13-20(24)21-14-5-15-25-19-6-3-2-4-7-19/h2-4,6-13H,5,14-15H2,1H3,(H,21,24)(H,22,23)/b13-10+. The zero-order valence-corrected chi connectivity index (χ0v) is 15.0. The van der Waals surface area contributed by atoms with Crippen LogP contribution in [-0.4, -0.2) is 24.1 Å². The van der Waals surface area contributed by atoms with E-state index in [1.807, 2.05) is 30.3 Å². The molecule has 25 heavy (non-hydrogen) atoms. The number of amides is 2. The first kappa shape index (κ1) is 18.8. The Balaban J connectivity index is 1.65. The molecular weight excluding hydrogens is 332 g/mol. The third-order valence-corrected chi connectivity index (χ3v) is 4.39. The van der Waals surface area contributed by atoms with Crippen LogP contribution in [0.4, 0.5) is 5.69 Å². The highest BCUT2D eigenvalue weighted by molar-refractivity contribution is 7.99. The molecule has 0 aliphatic rings. The first-order valence-electron chi connectivity index (χ1n) is 8.15. The third kappa shape index (κ3) is 7.72. The normalized spacial score (nSPS) is 10.6. The number of benzene rings is 2. The number of carbonyl (C=O) groups is 2. The van der Waals surface area contributed by atoms with Gasteiger partial charge in [0.1, 0.15) is 0 Å². The molecule has 4 nitrogen and oxygen atoms in total. The Morgan fingerprint density at radius 2 is 1.76 bits per heavy atom. The van der Waals surface area contributed by atoms with Crippen LogP contribution < -0.4 is 10.6 Å². The highest BCUT2D eigenvalue weighted by Gasteiger charge is 1.98. The van der Waals surface area contributed by atoms with E-state index < -0.39 is 0 Å². The van der Waals surface area contributed by atoms with Crippen LogP contribution in [0.5, 0.6) is 0 Å². The summed E-state index contributed by atoms with van der Waals surface area (Å²) in [7, 11) is 0. The van der Waals surface area contributed by atoms with Crippen LogP contribution in [0.15, 0.2) is 65.6 Å². The van der Waals surface area contributed by atoms with Crippen molar-refractivity contribution in [3.05, 3.63) is 66.2 Å². The molecule has 2 rings (SSSR count). The molecule has 5 heteroatoms. The van der Waals surface area contributed by atoms with E-state index in [0.29, 0.717) is 6.54 Å². The van der Waals surface area contributed by atoms with Crippen molar-refractivity contribution in [3.8, 4) is 0 Å². The Bertz CT molecular complexity index is 712. The predicted molar refractivity (Wildman–Crippen MR) is 105 cm³/mol. The van der Waals surface area contributed by atoms with Gasteiger partial charge in [-0.3, -0.25) is 9.59 Å². The van der Waals surface area contributed by atoms with E-state index >= 15 is 0 Å². The second-order valence-corrected chi connectivity index (χ2v) is 6.61. The van der Waals surface area contributed by atoms with Crippen molar-refractivity contribution in [2.24, 2.45) is 0 Å². The summed E-state index contributed by atoms with van der Waals surface area (Å²) < 4.78 is 0. The van der Waals surface area contributed by atoms with Crippen molar-refractivity contribution in [3.63, 3.8) is 0 Å². The molecule has 0 saturated carbocycles. The minimum absolute atomic E-state index is 0.101. The molecule has 0 saturated heterocycles. The Morgan fingerprint density at radius 1 is 1.04 bits per heavy atom.